The van der Waals surface area contributed by atoms with Crippen molar-refractivity contribution < 1.29 is 49.6 Å². The molecule has 1 unspecified atom stereocenters. The maximum atomic E-state index is 12.8. The average molecular weight is 603 g/mol. The number of β-amino-alcohol motifs (C(OH)–C–C–N with tert-alkyl or cyclic N) is 1. The van der Waals surface area contributed by atoms with Gasteiger partial charge in [-0.1, -0.05) is 0 Å². The van der Waals surface area contributed by atoms with Crippen LogP contribution in [-0.4, -0.2) is 109 Å². The lowest BCUT2D eigenvalue weighted by Crippen LogP contribution is -2.64. The van der Waals surface area contributed by atoms with Gasteiger partial charge in [-0.2, -0.15) is 0 Å². The number of hydrogen-bond donors (Lipinski definition) is 6. The maximum absolute atomic E-state index is 12.8. The summed E-state index contributed by atoms with van der Waals surface area (Å²) < 4.78 is 12.2. The number of aliphatic hydroxyl groups is 6. The van der Waals surface area contributed by atoms with E-state index in [0.717, 1.165) is 5.71 Å². The van der Waals surface area contributed by atoms with Gasteiger partial charge in [0.2, 0.25) is 0 Å². The van der Waals surface area contributed by atoms with E-state index in [9.17, 15) is 35.4 Å². The molecule has 43 heavy (non-hydrogen) atoms. The van der Waals surface area contributed by atoms with Crippen LogP contribution in [0.4, 0.5) is 0 Å². The normalized spacial score (nSPS) is 23.8. The van der Waals surface area contributed by atoms with E-state index in [2.05, 4.69) is 4.99 Å². The molecule has 13 heteroatoms. The molecule has 0 aliphatic carbocycles. The van der Waals surface area contributed by atoms with E-state index in [1.165, 1.54) is 6.07 Å². The van der Waals surface area contributed by atoms with Gasteiger partial charge in [-0.25, -0.2) is 9.78 Å². The molecule has 1 aromatic carbocycles. The summed E-state index contributed by atoms with van der Waals surface area (Å²) in [5.74, 6) is 0.920. The Hall–Kier alpha value is -3.14. The molecule has 13 nitrogen and oxygen atoms in total. The minimum atomic E-state index is -2.35. The predicted molar refractivity (Wildman–Crippen MR) is 154 cm³/mol. The average Bonchev–Trinajstić information content (AvgIpc) is 3.58. The van der Waals surface area contributed by atoms with Gasteiger partial charge >= 0.3 is 0 Å². The summed E-state index contributed by atoms with van der Waals surface area (Å²) in [4.78, 5) is 29.7. The Balaban J connectivity index is 1.33. The van der Waals surface area contributed by atoms with E-state index in [-0.39, 0.29) is 37.5 Å². The summed E-state index contributed by atoms with van der Waals surface area (Å²) in [5, 5.41) is 63.0. The van der Waals surface area contributed by atoms with Gasteiger partial charge < -0.3 is 44.7 Å². The van der Waals surface area contributed by atoms with E-state index < -0.39 is 48.8 Å². The number of aliphatic hydroxyl groups excluding tert-OH is 5. The third kappa shape index (κ3) is 5.87. The topological polar surface area (TPSA) is 195 Å². The van der Waals surface area contributed by atoms with Crippen LogP contribution >= 0.6 is 0 Å². The van der Waals surface area contributed by atoms with E-state index in [1.807, 2.05) is 0 Å². The molecule has 0 radical (unpaired) electrons. The van der Waals surface area contributed by atoms with Crippen LogP contribution < -0.4 is 10.2 Å². The van der Waals surface area contributed by atoms with Crippen molar-refractivity contribution in [1.82, 2.24) is 4.90 Å². The molecule has 6 atom stereocenters. The highest BCUT2D eigenvalue weighted by molar-refractivity contribution is 6.04. The zero-order valence-corrected chi connectivity index (χ0v) is 24.2. The predicted octanol–water partition coefficient (Wildman–Crippen LogP) is -0.361. The first-order chi connectivity index (χ1) is 20.4. The lowest BCUT2D eigenvalue weighted by molar-refractivity contribution is -0.363. The molecule has 3 aliphatic heterocycles. The molecule has 0 amide bonds. The first-order valence-electron chi connectivity index (χ1n) is 14.1. The molecule has 0 bridgehead atoms. The summed E-state index contributed by atoms with van der Waals surface area (Å²) in [5.41, 5.74) is -1.27. The summed E-state index contributed by atoms with van der Waals surface area (Å²) in [6.07, 6.45) is 1.02. The number of aryl methyl sites for hydroxylation is 1. The molecule has 3 aliphatic rings. The smallest absolute Gasteiger partial charge is 0.192 e. The molecule has 4 heterocycles. The highest BCUT2D eigenvalue weighted by atomic mass is 17.2. The molecule has 5 rings (SSSR count). The molecule has 0 saturated heterocycles. The highest BCUT2D eigenvalue weighted by Crippen LogP contribution is 2.41. The van der Waals surface area contributed by atoms with Crippen molar-refractivity contribution in [2.75, 3.05) is 26.4 Å². The standard InChI is InChI=1S/C30H38N2O11/c1-16-10-22(35)19-11-17-12-25(29(2,3)42-26(17)18(6-9-33)27(19)41-16)43-40-14-24(37)30(39,28(38)23(36)13-34)15-32-8-5-20-21(32)4-7-31-20/h4-5,7-8,10-11,21,23-25,28,33-34,36-39H,6,9,12-15H2,1-3H3/t21?,23-,24+,25-,28-,30-/m1/s1. The molecule has 0 spiro atoms. The van der Waals surface area contributed by atoms with Crippen molar-refractivity contribution in [2.24, 2.45) is 4.99 Å². The van der Waals surface area contributed by atoms with Crippen LogP contribution in [0.25, 0.3) is 11.0 Å². The van der Waals surface area contributed by atoms with Gasteiger partial charge in [-0.15, -0.1) is 0 Å². The molecule has 6 N–H and O–H groups in total. The van der Waals surface area contributed by atoms with Gasteiger partial charge in [-0.3, -0.25) is 9.79 Å². The first kappa shape index (κ1) is 31.3. The van der Waals surface area contributed by atoms with Gasteiger partial charge in [0.1, 0.15) is 59.3 Å². The molecule has 1 aromatic heterocycles. The third-order valence-corrected chi connectivity index (χ3v) is 8.25. The van der Waals surface area contributed by atoms with Crippen LogP contribution in [0.5, 0.6) is 5.75 Å². The minimum Gasteiger partial charge on any atom is -0.484 e. The summed E-state index contributed by atoms with van der Waals surface area (Å²) in [6, 6.07) is 2.75. The van der Waals surface area contributed by atoms with E-state index in [4.69, 9.17) is 18.9 Å². The molecule has 0 fully saturated rings. The second-order valence-electron chi connectivity index (χ2n) is 11.7. The monoisotopic (exact) mass is 602 g/mol. The number of ether oxygens (including phenoxy) is 1. The summed E-state index contributed by atoms with van der Waals surface area (Å²) >= 11 is 0. The fraction of sp³-hybridized carbons (Fsp3) is 0.533. The fourth-order valence-electron chi connectivity index (χ4n) is 5.73. The Kier molecular flexibility index (Phi) is 8.80. The van der Waals surface area contributed by atoms with Gasteiger partial charge in [0.15, 0.2) is 5.43 Å². The van der Waals surface area contributed by atoms with Crippen LogP contribution in [0.15, 0.2) is 50.9 Å². The quantitative estimate of drug-likeness (QED) is 0.137. The largest absolute Gasteiger partial charge is 0.484 e. The molecular formula is C30H38N2O11. The van der Waals surface area contributed by atoms with E-state index in [1.54, 1.807) is 56.3 Å². The number of hydrogen-bond acceptors (Lipinski definition) is 13. The number of benzene rings is 1. The van der Waals surface area contributed by atoms with E-state index >= 15 is 0 Å². The molecule has 0 saturated carbocycles. The Morgan fingerprint density at radius 3 is 2.72 bits per heavy atom. The number of aliphatic imine (C=N–C) groups is 1. The highest BCUT2D eigenvalue weighted by Gasteiger charge is 2.49. The van der Waals surface area contributed by atoms with E-state index in [0.29, 0.717) is 33.6 Å². The lowest BCUT2D eigenvalue weighted by atomic mass is 9.86. The van der Waals surface area contributed by atoms with Crippen molar-refractivity contribution in [1.29, 1.82) is 0 Å². The molecule has 2 aromatic rings. The van der Waals surface area contributed by atoms with Crippen molar-refractivity contribution >= 4 is 16.7 Å². The number of rotatable bonds is 12. The second-order valence-corrected chi connectivity index (χ2v) is 11.7. The van der Waals surface area contributed by atoms with Crippen LogP contribution in [-0.2, 0) is 22.6 Å². The first-order valence-corrected chi connectivity index (χ1v) is 14.1. The Labute approximate surface area is 247 Å². The number of nitrogens with zero attached hydrogens (tertiary/aromatic N) is 2. The Morgan fingerprint density at radius 2 is 2.00 bits per heavy atom. The van der Waals surface area contributed by atoms with Gasteiger partial charge in [0, 0.05) is 43.5 Å². The number of fused-ring (bicyclic) bond motifs is 3. The van der Waals surface area contributed by atoms with Crippen molar-refractivity contribution in [3.63, 3.8) is 0 Å². The second kappa shape index (κ2) is 12.1. The van der Waals surface area contributed by atoms with Crippen LogP contribution in [0.1, 0.15) is 30.7 Å². The molecular weight excluding hydrogens is 564 g/mol. The fourth-order valence-corrected chi connectivity index (χ4v) is 5.73. The van der Waals surface area contributed by atoms with Crippen molar-refractivity contribution in [2.45, 2.75) is 75.3 Å². The maximum Gasteiger partial charge on any atom is 0.192 e. The summed E-state index contributed by atoms with van der Waals surface area (Å²) in [7, 11) is 0. The lowest BCUT2D eigenvalue weighted by Gasteiger charge is -2.42. The van der Waals surface area contributed by atoms with Crippen LogP contribution in [0, 0.1) is 6.92 Å². The van der Waals surface area contributed by atoms with Crippen LogP contribution in [0.3, 0.4) is 0 Å². The van der Waals surface area contributed by atoms with Gasteiger partial charge in [0.05, 0.1) is 30.3 Å². The SMILES string of the molecule is Cc1cc(=O)c2cc3c(c(CCO)c2o1)OC(C)(C)[C@H](OOC[C@H](O)[C@](O)(CN1C=CC2=NC=CC21)[C@H](O)[C@H](O)CO)C3. The van der Waals surface area contributed by atoms with Crippen LogP contribution in [0.2, 0.25) is 0 Å². The Morgan fingerprint density at radius 1 is 1.23 bits per heavy atom. The van der Waals surface area contributed by atoms with Gasteiger partial charge in [0.25, 0.3) is 0 Å². The summed E-state index contributed by atoms with van der Waals surface area (Å²) in [6.45, 7) is 3.24. The zero-order chi connectivity index (χ0) is 31.1. The zero-order valence-electron chi connectivity index (χ0n) is 24.2. The van der Waals surface area contributed by atoms with Gasteiger partial charge in [-0.05, 0) is 44.6 Å². The van der Waals surface area contributed by atoms with Crippen molar-refractivity contribution in [3.05, 3.63) is 63.8 Å². The third-order valence-electron chi connectivity index (χ3n) is 8.25. The Bertz CT molecular complexity index is 1500. The minimum absolute atomic E-state index is 0.188. The molecule has 234 valence electrons. The van der Waals surface area contributed by atoms with Crippen molar-refractivity contribution in [3.8, 4) is 5.75 Å².